The van der Waals surface area contributed by atoms with E-state index in [-0.39, 0.29) is 11.7 Å². The number of nitrogens with one attached hydrogen (secondary N) is 2. The maximum Gasteiger partial charge on any atom is 0.408 e. The number of thioether (sulfide) groups is 1. The lowest BCUT2D eigenvalue weighted by molar-refractivity contribution is -0.146. The minimum absolute atomic E-state index is 0.154. The summed E-state index contributed by atoms with van der Waals surface area (Å²) in [6.07, 6.45) is -0.859. The van der Waals surface area contributed by atoms with Crippen LogP contribution in [0, 0.1) is 5.92 Å². The first kappa shape index (κ1) is 31.6. The molecule has 0 bridgehead atoms. The third-order valence-electron chi connectivity index (χ3n) is 5.45. The summed E-state index contributed by atoms with van der Waals surface area (Å²) in [6, 6.07) is 14.5. The fourth-order valence-corrected chi connectivity index (χ4v) is 4.68. The van der Waals surface area contributed by atoms with E-state index in [2.05, 4.69) is 10.6 Å². The average molecular weight is 557 g/mol. The maximum atomic E-state index is 13.4. The number of Topliss-reactive ketones (excluding diaryl/α,β-unsaturated/α-hetero) is 2. The van der Waals surface area contributed by atoms with Crippen molar-refractivity contribution in [2.45, 2.75) is 57.6 Å². The molecule has 39 heavy (non-hydrogen) atoms. The summed E-state index contributed by atoms with van der Waals surface area (Å²) in [5.74, 6) is -2.64. The molecular formula is C29H36N2O7S. The summed E-state index contributed by atoms with van der Waals surface area (Å²) in [5, 5.41) is 3.94. The quantitative estimate of drug-likeness (QED) is 0.228. The van der Waals surface area contributed by atoms with Gasteiger partial charge in [0.15, 0.2) is 11.6 Å². The molecule has 2 rings (SSSR count). The number of ketones is 2. The second-order valence-corrected chi connectivity index (χ2v) is 11.3. The number of benzene rings is 2. The molecule has 0 aromatic heterocycles. The Hall–Kier alpha value is -3.66. The molecular weight excluding hydrogens is 520 g/mol. The van der Waals surface area contributed by atoms with Gasteiger partial charge in [-0.15, -0.1) is 11.8 Å². The van der Waals surface area contributed by atoms with Crippen molar-refractivity contribution in [2.75, 3.05) is 12.9 Å². The fraction of sp³-hybridized carbons (Fsp3) is 0.414. The van der Waals surface area contributed by atoms with E-state index < -0.39 is 52.5 Å². The van der Waals surface area contributed by atoms with Crippen molar-refractivity contribution in [1.29, 1.82) is 0 Å². The SMILES string of the molecule is COC(=O)[C@@H](NC(=O)[C@H](CSC(C(=O)c1ccccc1)C(=O)c1ccccc1)NC(=O)OC(C)(C)C)C(C)C. The highest BCUT2D eigenvalue weighted by atomic mass is 32.2. The van der Waals surface area contributed by atoms with Crippen LogP contribution >= 0.6 is 11.8 Å². The molecule has 0 aliphatic heterocycles. The molecule has 0 fully saturated rings. The number of hydrogen-bond acceptors (Lipinski definition) is 8. The second kappa shape index (κ2) is 14.5. The summed E-state index contributed by atoms with van der Waals surface area (Å²) >= 11 is 0.927. The second-order valence-electron chi connectivity index (χ2n) is 10.1. The summed E-state index contributed by atoms with van der Waals surface area (Å²) in [4.78, 5) is 65.0. The van der Waals surface area contributed by atoms with Gasteiger partial charge < -0.3 is 20.1 Å². The number of esters is 1. The summed E-state index contributed by atoms with van der Waals surface area (Å²) in [5.41, 5.74) is -0.156. The normalized spacial score (nSPS) is 12.8. The Balaban J connectivity index is 2.36. The molecule has 0 saturated heterocycles. The number of carbonyl (C=O) groups excluding carboxylic acids is 5. The predicted octanol–water partition coefficient (Wildman–Crippen LogP) is 4.06. The number of methoxy groups -OCH3 is 1. The van der Waals surface area contributed by atoms with Gasteiger partial charge in [-0.3, -0.25) is 14.4 Å². The van der Waals surface area contributed by atoms with Crippen LogP contribution in [0.25, 0.3) is 0 Å². The van der Waals surface area contributed by atoms with E-state index in [1.54, 1.807) is 95.3 Å². The summed E-state index contributed by atoms with van der Waals surface area (Å²) in [6.45, 7) is 8.50. The molecule has 2 amide bonds. The first-order valence-corrected chi connectivity index (χ1v) is 13.6. The molecule has 2 aromatic carbocycles. The minimum Gasteiger partial charge on any atom is -0.467 e. The highest BCUT2D eigenvalue weighted by molar-refractivity contribution is 8.01. The maximum absolute atomic E-state index is 13.4. The first-order valence-electron chi connectivity index (χ1n) is 12.5. The van der Waals surface area contributed by atoms with Crippen molar-refractivity contribution in [3.63, 3.8) is 0 Å². The van der Waals surface area contributed by atoms with Gasteiger partial charge in [0.1, 0.15) is 22.9 Å². The Morgan fingerprint density at radius 3 is 1.72 bits per heavy atom. The van der Waals surface area contributed by atoms with Gasteiger partial charge in [0.2, 0.25) is 5.91 Å². The molecule has 0 unspecified atom stereocenters. The zero-order valence-electron chi connectivity index (χ0n) is 23.1. The molecule has 2 N–H and O–H groups in total. The molecule has 2 atom stereocenters. The molecule has 2 aromatic rings. The third kappa shape index (κ3) is 9.86. The van der Waals surface area contributed by atoms with Gasteiger partial charge >= 0.3 is 12.1 Å². The molecule has 0 radical (unpaired) electrons. The Labute approximate surface area is 233 Å². The number of carbonyl (C=O) groups is 5. The predicted molar refractivity (Wildman–Crippen MR) is 150 cm³/mol. The summed E-state index contributed by atoms with van der Waals surface area (Å²) in [7, 11) is 1.21. The van der Waals surface area contributed by atoms with Crippen LogP contribution in [0.2, 0.25) is 0 Å². The van der Waals surface area contributed by atoms with Crippen LogP contribution in [-0.2, 0) is 19.1 Å². The van der Waals surface area contributed by atoms with Crippen LogP contribution in [-0.4, -0.2) is 65.3 Å². The van der Waals surface area contributed by atoms with Crippen LogP contribution in [0.15, 0.2) is 60.7 Å². The van der Waals surface area contributed by atoms with Gasteiger partial charge in [-0.05, 0) is 26.7 Å². The summed E-state index contributed by atoms with van der Waals surface area (Å²) < 4.78 is 10.1. The van der Waals surface area contributed by atoms with Crippen LogP contribution in [0.1, 0.15) is 55.3 Å². The highest BCUT2D eigenvalue weighted by Gasteiger charge is 2.34. The lowest BCUT2D eigenvalue weighted by Crippen LogP contribution is -2.55. The molecule has 210 valence electrons. The van der Waals surface area contributed by atoms with Gasteiger partial charge in [-0.2, -0.15) is 0 Å². The average Bonchev–Trinajstić information content (AvgIpc) is 2.90. The largest absolute Gasteiger partial charge is 0.467 e. The molecule has 0 saturated carbocycles. The van der Waals surface area contributed by atoms with E-state index in [0.717, 1.165) is 11.8 Å². The van der Waals surface area contributed by atoms with Crippen molar-refractivity contribution in [1.82, 2.24) is 10.6 Å². The van der Waals surface area contributed by atoms with E-state index in [1.165, 1.54) is 7.11 Å². The lowest BCUT2D eigenvalue weighted by Gasteiger charge is -2.26. The van der Waals surface area contributed by atoms with E-state index in [9.17, 15) is 24.0 Å². The van der Waals surface area contributed by atoms with Crippen LogP contribution < -0.4 is 10.6 Å². The van der Waals surface area contributed by atoms with Crippen LogP contribution in [0.5, 0.6) is 0 Å². The van der Waals surface area contributed by atoms with Crippen molar-refractivity contribution < 1.29 is 33.4 Å². The van der Waals surface area contributed by atoms with Crippen molar-refractivity contribution >= 4 is 41.3 Å². The molecule has 0 spiro atoms. The van der Waals surface area contributed by atoms with E-state index in [4.69, 9.17) is 9.47 Å². The number of ether oxygens (including phenoxy) is 2. The smallest absolute Gasteiger partial charge is 0.408 e. The zero-order chi connectivity index (χ0) is 29.2. The highest BCUT2D eigenvalue weighted by Crippen LogP contribution is 2.23. The molecule has 9 nitrogen and oxygen atoms in total. The number of alkyl carbamates (subject to hydrolysis) is 1. The van der Waals surface area contributed by atoms with E-state index in [0.29, 0.717) is 11.1 Å². The Morgan fingerprint density at radius 1 is 0.821 bits per heavy atom. The molecule has 10 heteroatoms. The number of amides is 2. The van der Waals surface area contributed by atoms with Crippen molar-refractivity contribution in [3.8, 4) is 0 Å². The van der Waals surface area contributed by atoms with Crippen molar-refractivity contribution in [3.05, 3.63) is 71.8 Å². The monoisotopic (exact) mass is 556 g/mol. The van der Waals surface area contributed by atoms with E-state index >= 15 is 0 Å². The van der Waals surface area contributed by atoms with Gasteiger partial charge in [-0.1, -0.05) is 74.5 Å². The van der Waals surface area contributed by atoms with Crippen LogP contribution in [0.3, 0.4) is 0 Å². The first-order chi connectivity index (χ1) is 18.3. The Kier molecular flexibility index (Phi) is 11.7. The van der Waals surface area contributed by atoms with Gasteiger partial charge in [0, 0.05) is 16.9 Å². The molecule has 0 aliphatic carbocycles. The number of rotatable bonds is 12. The van der Waals surface area contributed by atoms with E-state index in [1.807, 2.05) is 0 Å². The molecule has 0 aliphatic rings. The van der Waals surface area contributed by atoms with Crippen LogP contribution in [0.4, 0.5) is 4.79 Å². The number of hydrogen-bond donors (Lipinski definition) is 2. The van der Waals surface area contributed by atoms with Gasteiger partial charge in [0.05, 0.1) is 7.11 Å². The Morgan fingerprint density at radius 2 is 1.31 bits per heavy atom. The topological polar surface area (TPSA) is 128 Å². The molecule has 0 heterocycles. The minimum atomic E-state index is -1.23. The zero-order valence-corrected chi connectivity index (χ0v) is 23.9. The van der Waals surface area contributed by atoms with Crippen molar-refractivity contribution in [2.24, 2.45) is 5.92 Å². The third-order valence-corrected chi connectivity index (χ3v) is 6.74. The fourth-order valence-electron chi connectivity index (χ4n) is 3.48. The standard InChI is InChI=1S/C29H36N2O7S/c1-18(2)22(27(35)37-6)31-26(34)21(30-28(36)38-29(3,4)5)17-39-25(23(32)19-13-9-7-10-14-19)24(33)20-15-11-8-12-16-20/h7-16,18,21-22,25H,17H2,1-6H3,(H,30,36)(H,31,34)/t21-,22-/m0/s1. The van der Waals surface area contributed by atoms with Gasteiger partial charge in [-0.25, -0.2) is 9.59 Å². The Bertz CT molecular complexity index is 1100. The van der Waals surface area contributed by atoms with Gasteiger partial charge in [0.25, 0.3) is 0 Å². The lowest BCUT2D eigenvalue weighted by atomic mass is 10.0.